The van der Waals surface area contributed by atoms with Crippen LogP contribution in [0.1, 0.15) is 20.8 Å². The summed E-state index contributed by atoms with van der Waals surface area (Å²) >= 11 is 3.37. The average Bonchev–Trinajstić information content (AvgIpc) is 2.12. The highest BCUT2D eigenvalue weighted by atomic mass is 79.9. The van der Waals surface area contributed by atoms with Crippen LogP contribution in [0.2, 0.25) is 0 Å². The SMILES string of the molecule is CC(C)(C)[CH][C@H](O)COc1cccc(Br)c1. The van der Waals surface area contributed by atoms with Crippen molar-refractivity contribution in [1.82, 2.24) is 0 Å². The largest absolute Gasteiger partial charge is 0.491 e. The quantitative estimate of drug-likeness (QED) is 0.918. The normalized spacial score (nSPS) is 13.6. The summed E-state index contributed by atoms with van der Waals surface area (Å²) in [5.74, 6) is 0.760. The van der Waals surface area contributed by atoms with Gasteiger partial charge in [0, 0.05) is 4.47 Å². The predicted octanol–water partition coefficient (Wildman–Crippen LogP) is 3.44. The maximum Gasteiger partial charge on any atom is 0.120 e. The van der Waals surface area contributed by atoms with E-state index in [1.807, 2.05) is 30.7 Å². The van der Waals surface area contributed by atoms with Crippen LogP contribution in [-0.2, 0) is 0 Å². The van der Waals surface area contributed by atoms with Gasteiger partial charge in [-0.1, -0.05) is 42.8 Å². The van der Waals surface area contributed by atoms with Crippen LogP contribution in [0.25, 0.3) is 0 Å². The summed E-state index contributed by atoms with van der Waals surface area (Å²) in [5.41, 5.74) is 0.0000475. The molecule has 0 spiro atoms. The van der Waals surface area contributed by atoms with Gasteiger partial charge in [0.2, 0.25) is 0 Å². The zero-order valence-corrected chi connectivity index (χ0v) is 11.5. The molecule has 0 aromatic heterocycles. The van der Waals surface area contributed by atoms with E-state index in [0.29, 0.717) is 0 Å². The van der Waals surface area contributed by atoms with Gasteiger partial charge in [-0.25, -0.2) is 0 Å². The Hall–Kier alpha value is -0.540. The third kappa shape index (κ3) is 5.52. The standard InChI is InChI=1S/C13H18BrO2/c1-13(2,3)8-11(15)9-16-12-6-4-5-10(14)7-12/h4-8,11,15H,9H2,1-3H3/t11-/m0/s1. The van der Waals surface area contributed by atoms with Gasteiger partial charge < -0.3 is 9.84 Å². The molecule has 1 atom stereocenters. The number of ether oxygens (including phenoxy) is 1. The molecule has 2 nitrogen and oxygen atoms in total. The van der Waals surface area contributed by atoms with Crippen LogP contribution in [-0.4, -0.2) is 17.8 Å². The molecule has 3 heteroatoms. The third-order valence-corrected chi connectivity index (χ3v) is 2.40. The number of aliphatic hydroxyl groups is 1. The Morgan fingerprint density at radius 2 is 2.12 bits per heavy atom. The van der Waals surface area contributed by atoms with Crippen LogP contribution in [0.5, 0.6) is 5.75 Å². The molecule has 1 aromatic rings. The molecule has 0 saturated heterocycles. The van der Waals surface area contributed by atoms with Crippen molar-refractivity contribution in [1.29, 1.82) is 0 Å². The van der Waals surface area contributed by atoms with E-state index in [-0.39, 0.29) is 12.0 Å². The second-order valence-electron chi connectivity index (χ2n) is 4.87. The molecular formula is C13H18BrO2. The molecule has 1 radical (unpaired) electrons. The molecule has 0 heterocycles. The van der Waals surface area contributed by atoms with E-state index >= 15 is 0 Å². The van der Waals surface area contributed by atoms with Gasteiger partial charge >= 0.3 is 0 Å². The van der Waals surface area contributed by atoms with Gasteiger partial charge in [-0.05, 0) is 30.0 Å². The minimum absolute atomic E-state index is 0.0000475. The number of hydrogen-bond donors (Lipinski definition) is 1. The second-order valence-corrected chi connectivity index (χ2v) is 5.78. The lowest BCUT2D eigenvalue weighted by Crippen LogP contribution is -2.24. The third-order valence-electron chi connectivity index (χ3n) is 1.91. The van der Waals surface area contributed by atoms with Crippen LogP contribution in [0.15, 0.2) is 28.7 Å². The van der Waals surface area contributed by atoms with E-state index in [0.717, 1.165) is 10.2 Å². The Balaban J connectivity index is 2.40. The van der Waals surface area contributed by atoms with Crippen molar-refractivity contribution < 1.29 is 9.84 Å². The monoisotopic (exact) mass is 285 g/mol. The van der Waals surface area contributed by atoms with Crippen LogP contribution >= 0.6 is 15.9 Å². The van der Waals surface area contributed by atoms with E-state index < -0.39 is 6.10 Å². The summed E-state index contributed by atoms with van der Waals surface area (Å²) in [6.45, 7) is 6.44. The molecule has 0 amide bonds. The number of aliphatic hydroxyl groups excluding tert-OH is 1. The fourth-order valence-corrected chi connectivity index (χ4v) is 1.74. The lowest BCUT2D eigenvalue weighted by molar-refractivity contribution is 0.115. The molecule has 0 aliphatic heterocycles. The summed E-state index contributed by atoms with van der Waals surface area (Å²) in [7, 11) is 0. The summed E-state index contributed by atoms with van der Waals surface area (Å²) in [6.07, 6.45) is 1.34. The van der Waals surface area contributed by atoms with Gasteiger partial charge in [0.1, 0.15) is 12.4 Å². The minimum atomic E-state index is -0.543. The predicted molar refractivity (Wildman–Crippen MR) is 69.4 cm³/mol. The van der Waals surface area contributed by atoms with Gasteiger partial charge in [-0.15, -0.1) is 0 Å². The van der Waals surface area contributed by atoms with E-state index in [9.17, 15) is 5.11 Å². The first-order valence-electron chi connectivity index (χ1n) is 5.29. The van der Waals surface area contributed by atoms with E-state index in [1.54, 1.807) is 0 Å². The van der Waals surface area contributed by atoms with E-state index in [1.165, 1.54) is 0 Å². The van der Waals surface area contributed by atoms with Gasteiger partial charge in [0.15, 0.2) is 0 Å². The fraction of sp³-hybridized carbons (Fsp3) is 0.462. The zero-order chi connectivity index (χ0) is 12.2. The molecule has 0 saturated carbocycles. The molecule has 1 aromatic carbocycles. The van der Waals surface area contributed by atoms with Crippen molar-refractivity contribution in [2.45, 2.75) is 26.9 Å². The molecular weight excluding hydrogens is 268 g/mol. The first-order valence-corrected chi connectivity index (χ1v) is 6.08. The fourth-order valence-electron chi connectivity index (χ4n) is 1.36. The molecule has 0 bridgehead atoms. The van der Waals surface area contributed by atoms with Crippen molar-refractivity contribution in [3.63, 3.8) is 0 Å². The molecule has 1 N–H and O–H groups in total. The minimum Gasteiger partial charge on any atom is -0.491 e. The van der Waals surface area contributed by atoms with Crippen molar-refractivity contribution in [2.24, 2.45) is 5.41 Å². The Morgan fingerprint density at radius 1 is 1.44 bits per heavy atom. The Labute approximate surface area is 106 Å². The van der Waals surface area contributed by atoms with Crippen LogP contribution < -0.4 is 4.74 Å². The number of benzene rings is 1. The molecule has 0 unspecified atom stereocenters. The first-order chi connectivity index (χ1) is 7.37. The highest BCUT2D eigenvalue weighted by Crippen LogP contribution is 2.21. The molecule has 1 rings (SSSR count). The van der Waals surface area contributed by atoms with Crippen LogP contribution in [0.3, 0.4) is 0 Å². The number of halogens is 1. The topological polar surface area (TPSA) is 29.5 Å². The Bertz CT molecular complexity index is 331. The molecule has 16 heavy (non-hydrogen) atoms. The summed E-state index contributed by atoms with van der Waals surface area (Å²) in [5, 5.41) is 9.72. The summed E-state index contributed by atoms with van der Waals surface area (Å²) < 4.78 is 6.45. The lowest BCUT2D eigenvalue weighted by atomic mass is 9.89. The van der Waals surface area contributed by atoms with Crippen molar-refractivity contribution in [2.75, 3.05) is 6.61 Å². The molecule has 0 aliphatic rings. The van der Waals surface area contributed by atoms with Crippen molar-refractivity contribution in [3.8, 4) is 5.75 Å². The average molecular weight is 286 g/mol. The second kappa shape index (κ2) is 5.69. The first kappa shape index (κ1) is 13.5. The highest BCUT2D eigenvalue weighted by molar-refractivity contribution is 9.10. The molecule has 89 valence electrons. The Morgan fingerprint density at radius 3 is 2.69 bits per heavy atom. The highest BCUT2D eigenvalue weighted by Gasteiger charge is 2.17. The van der Waals surface area contributed by atoms with Crippen LogP contribution in [0.4, 0.5) is 0 Å². The lowest BCUT2D eigenvalue weighted by Gasteiger charge is -2.21. The van der Waals surface area contributed by atoms with E-state index in [4.69, 9.17) is 4.74 Å². The van der Waals surface area contributed by atoms with Gasteiger partial charge in [-0.3, -0.25) is 0 Å². The smallest absolute Gasteiger partial charge is 0.120 e. The number of hydrogen-bond acceptors (Lipinski definition) is 2. The van der Waals surface area contributed by atoms with Crippen molar-refractivity contribution in [3.05, 3.63) is 35.2 Å². The van der Waals surface area contributed by atoms with Gasteiger partial charge in [0.05, 0.1) is 6.10 Å². The molecule has 0 aliphatic carbocycles. The van der Waals surface area contributed by atoms with E-state index in [2.05, 4.69) is 36.7 Å². The molecule has 0 fully saturated rings. The maximum atomic E-state index is 9.72. The number of rotatable bonds is 4. The summed E-state index contributed by atoms with van der Waals surface area (Å²) in [6, 6.07) is 7.59. The van der Waals surface area contributed by atoms with Gasteiger partial charge in [0.25, 0.3) is 0 Å². The zero-order valence-electron chi connectivity index (χ0n) is 9.90. The maximum absolute atomic E-state index is 9.72. The van der Waals surface area contributed by atoms with Crippen LogP contribution in [0, 0.1) is 11.8 Å². The summed E-state index contributed by atoms with van der Waals surface area (Å²) in [4.78, 5) is 0. The van der Waals surface area contributed by atoms with Crippen molar-refractivity contribution >= 4 is 15.9 Å². The Kier molecular flexibility index (Phi) is 4.81. The van der Waals surface area contributed by atoms with Gasteiger partial charge in [-0.2, -0.15) is 0 Å².